The number of nitrogens with zero attached hydrogens (tertiary/aromatic N) is 1. The lowest BCUT2D eigenvalue weighted by molar-refractivity contribution is -0.148. The predicted molar refractivity (Wildman–Crippen MR) is 122 cm³/mol. The summed E-state index contributed by atoms with van der Waals surface area (Å²) in [6.07, 6.45) is 20.9. The highest BCUT2D eigenvalue weighted by Crippen LogP contribution is 2.14. The minimum atomic E-state index is -0.971. The second-order valence-electron chi connectivity index (χ2n) is 8.05. The molecular weight excluding hydrogens is 370 g/mol. The number of aliphatic carboxylic acids is 1. The van der Waals surface area contributed by atoms with Crippen LogP contribution in [0.1, 0.15) is 117 Å². The molecule has 0 bridgehead atoms. The third kappa shape index (κ3) is 15.2. The molecular formula is C23H45NO3S. The first-order valence-corrected chi connectivity index (χ1v) is 12.3. The highest BCUT2D eigenvalue weighted by molar-refractivity contribution is 7.80. The van der Waals surface area contributed by atoms with Gasteiger partial charge >= 0.3 is 5.97 Å². The molecule has 166 valence electrons. The first-order valence-electron chi connectivity index (χ1n) is 11.7. The maximum Gasteiger partial charge on any atom is 0.327 e. The number of hydrogen-bond acceptors (Lipinski definition) is 3. The summed E-state index contributed by atoms with van der Waals surface area (Å²) in [7, 11) is 0. The van der Waals surface area contributed by atoms with E-state index in [1.54, 1.807) is 0 Å². The van der Waals surface area contributed by atoms with Crippen LogP contribution >= 0.6 is 12.6 Å². The number of hydrogen-bond donors (Lipinski definition) is 2. The lowest BCUT2D eigenvalue weighted by Crippen LogP contribution is -2.45. The van der Waals surface area contributed by atoms with E-state index in [9.17, 15) is 14.7 Å². The molecule has 0 spiro atoms. The Morgan fingerprint density at radius 1 is 0.750 bits per heavy atom. The first kappa shape index (κ1) is 27.3. The largest absolute Gasteiger partial charge is 0.480 e. The van der Waals surface area contributed by atoms with Crippen LogP contribution in [0, 0.1) is 0 Å². The fourth-order valence-corrected chi connectivity index (χ4v) is 4.03. The number of unbranched alkanes of at least 4 members (excludes halogenated alkanes) is 15. The number of thiol groups is 1. The van der Waals surface area contributed by atoms with Crippen molar-refractivity contribution in [3.63, 3.8) is 0 Å². The number of rotatable bonds is 20. The number of carbonyl (C=O) groups is 2. The molecule has 1 N–H and O–H groups in total. The van der Waals surface area contributed by atoms with E-state index in [4.69, 9.17) is 0 Å². The number of amides is 1. The van der Waals surface area contributed by atoms with Crippen molar-refractivity contribution in [1.82, 2.24) is 4.90 Å². The van der Waals surface area contributed by atoms with E-state index in [1.165, 1.54) is 102 Å². The topological polar surface area (TPSA) is 57.6 Å². The molecule has 28 heavy (non-hydrogen) atoms. The zero-order chi connectivity index (χ0) is 21.0. The molecule has 0 heterocycles. The van der Waals surface area contributed by atoms with Crippen molar-refractivity contribution < 1.29 is 14.7 Å². The summed E-state index contributed by atoms with van der Waals surface area (Å²) < 4.78 is 0. The summed E-state index contributed by atoms with van der Waals surface area (Å²) in [6, 6.07) is -0.808. The number of carboxylic acid groups (broad SMARTS) is 1. The van der Waals surface area contributed by atoms with Crippen LogP contribution in [0.15, 0.2) is 0 Å². The lowest BCUT2D eigenvalue weighted by Gasteiger charge is -2.26. The van der Waals surface area contributed by atoms with Gasteiger partial charge in [0.15, 0.2) is 0 Å². The van der Waals surface area contributed by atoms with Gasteiger partial charge in [-0.15, -0.1) is 0 Å². The van der Waals surface area contributed by atoms with Crippen LogP contribution in [0.25, 0.3) is 0 Å². The Kier molecular flexibility index (Phi) is 19.1. The minimum Gasteiger partial charge on any atom is -0.480 e. The van der Waals surface area contributed by atoms with Gasteiger partial charge in [0.1, 0.15) is 6.04 Å². The van der Waals surface area contributed by atoms with Gasteiger partial charge in [-0.25, -0.2) is 4.79 Å². The molecule has 0 saturated heterocycles. The van der Waals surface area contributed by atoms with Crippen molar-refractivity contribution in [1.29, 1.82) is 0 Å². The summed E-state index contributed by atoms with van der Waals surface area (Å²) in [4.78, 5) is 24.3. The molecule has 0 fully saturated rings. The Bertz CT molecular complexity index is 390. The van der Waals surface area contributed by atoms with Gasteiger partial charge in [0.2, 0.25) is 5.91 Å². The van der Waals surface area contributed by atoms with Crippen LogP contribution in [0.4, 0.5) is 0 Å². The maximum atomic E-state index is 11.7. The van der Waals surface area contributed by atoms with Crippen molar-refractivity contribution >= 4 is 24.5 Å². The zero-order valence-electron chi connectivity index (χ0n) is 18.5. The van der Waals surface area contributed by atoms with Crippen LogP contribution in [0.5, 0.6) is 0 Å². The quantitative estimate of drug-likeness (QED) is 0.177. The summed E-state index contributed by atoms with van der Waals surface area (Å²) >= 11 is 4.07. The van der Waals surface area contributed by atoms with E-state index in [-0.39, 0.29) is 11.7 Å². The van der Waals surface area contributed by atoms with Gasteiger partial charge in [0.25, 0.3) is 0 Å². The van der Waals surface area contributed by atoms with Crippen molar-refractivity contribution in [3.05, 3.63) is 0 Å². The fourth-order valence-electron chi connectivity index (χ4n) is 3.67. The third-order valence-electron chi connectivity index (χ3n) is 5.49. The molecule has 0 rings (SSSR count). The van der Waals surface area contributed by atoms with Gasteiger partial charge in [-0.1, -0.05) is 103 Å². The minimum absolute atomic E-state index is 0.160. The number of carbonyl (C=O) groups excluding carboxylic acids is 1. The Morgan fingerprint density at radius 3 is 1.39 bits per heavy atom. The molecule has 0 aliphatic heterocycles. The van der Waals surface area contributed by atoms with Gasteiger partial charge in [-0.3, -0.25) is 4.79 Å². The zero-order valence-corrected chi connectivity index (χ0v) is 19.4. The van der Waals surface area contributed by atoms with Crippen molar-refractivity contribution in [3.8, 4) is 0 Å². The van der Waals surface area contributed by atoms with Gasteiger partial charge < -0.3 is 10.0 Å². The molecule has 0 unspecified atom stereocenters. The molecule has 5 heteroatoms. The molecule has 0 aromatic heterocycles. The predicted octanol–water partition coefficient (Wildman–Crippen LogP) is 6.48. The summed E-state index contributed by atoms with van der Waals surface area (Å²) in [5.74, 6) is -0.988. The summed E-state index contributed by atoms with van der Waals surface area (Å²) in [5.41, 5.74) is 0. The van der Waals surface area contributed by atoms with E-state index in [0.29, 0.717) is 6.54 Å². The van der Waals surface area contributed by atoms with E-state index in [0.717, 1.165) is 12.8 Å². The molecule has 0 saturated carbocycles. The normalized spacial score (nSPS) is 12.1. The van der Waals surface area contributed by atoms with Crippen LogP contribution in [0.3, 0.4) is 0 Å². The Hall–Kier alpha value is -0.710. The second-order valence-corrected chi connectivity index (χ2v) is 8.42. The first-order chi connectivity index (χ1) is 13.5. The monoisotopic (exact) mass is 415 g/mol. The lowest BCUT2D eigenvalue weighted by atomic mass is 10.0. The smallest absolute Gasteiger partial charge is 0.327 e. The van der Waals surface area contributed by atoms with Gasteiger partial charge in [-0.05, 0) is 6.42 Å². The average Bonchev–Trinajstić information content (AvgIpc) is 2.66. The SMILES string of the molecule is CCCCCCCCCCCCCCCCCCN(C(C)=O)[C@@H](CS)C(=O)O. The molecule has 0 aromatic carbocycles. The Labute approximate surface area is 179 Å². The van der Waals surface area contributed by atoms with Crippen LogP contribution < -0.4 is 0 Å². The molecule has 0 aliphatic carbocycles. The molecule has 1 amide bonds. The van der Waals surface area contributed by atoms with Crippen LogP contribution in [0.2, 0.25) is 0 Å². The molecule has 0 aromatic rings. The third-order valence-corrected chi connectivity index (χ3v) is 5.84. The van der Waals surface area contributed by atoms with Crippen LogP contribution in [-0.2, 0) is 9.59 Å². The molecule has 1 atom stereocenters. The fraction of sp³-hybridized carbons (Fsp3) is 0.913. The van der Waals surface area contributed by atoms with E-state index in [2.05, 4.69) is 19.6 Å². The van der Waals surface area contributed by atoms with Crippen molar-refractivity contribution in [2.24, 2.45) is 0 Å². The Balaban J connectivity index is 3.47. The van der Waals surface area contributed by atoms with Gasteiger partial charge in [0, 0.05) is 19.2 Å². The summed E-state index contributed by atoms with van der Waals surface area (Å²) in [5, 5.41) is 9.18. The standard InChI is InChI=1S/C23H45NO3S/c1-3-4-5-6-7-8-9-10-11-12-13-14-15-16-17-18-19-24(21(2)25)22(20-28)23(26)27/h22,28H,3-20H2,1-2H3,(H,26,27)/t22-/m0/s1. The average molecular weight is 416 g/mol. The van der Waals surface area contributed by atoms with E-state index >= 15 is 0 Å². The number of carboxylic acids is 1. The van der Waals surface area contributed by atoms with Crippen molar-refractivity contribution in [2.75, 3.05) is 12.3 Å². The van der Waals surface area contributed by atoms with Gasteiger partial charge in [-0.2, -0.15) is 12.6 Å². The molecule has 0 aliphatic rings. The second kappa shape index (κ2) is 19.6. The van der Waals surface area contributed by atoms with Gasteiger partial charge in [0.05, 0.1) is 0 Å². The maximum absolute atomic E-state index is 11.7. The highest BCUT2D eigenvalue weighted by Gasteiger charge is 2.25. The van der Waals surface area contributed by atoms with Crippen LogP contribution in [-0.4, -0.2) is 40.2 Å². The van der Waals surface area contributed by atoms with E-state index in [1.807, 2.05) is 0 Å². The molecule has 4 nitrogen and oxygen atoms in total. The van der Waals surface area contributed by atoms with Crippen molar-refractivity contribution in [2.45, 2.75) is 123 Å². The summed E-state index contributed by atoms with van der Waals surface area (Å²) in [6.45, 7) is 4.22. The molecule has 0 radical (unpaired) electrons. The Morgan fingerprint density at radius 2 is 1.11 bits per heavy atom. The highest BCUT2D eigenvalue weighted by atomic mass is 32.1. The van der Waals surface area contributed by atoms with E-state index < -0.39 is 12.0 Å².